The summed E-state index contributed by atoms with van der Waals surface area (Å²) in [4.78, 5) is 12.0. The van der Waals surface area contributed by atoms with Crippen molar-refractivity contribution in [3.63, 3.8) is 0 Å². The second kappa shape index (κ2) is 28.9. The van der Waals surface area contributed by atoms with Crippen LogP contribution in [0.1, 0.15) is 164 Å². The maximum absolute atomic E-state index is 12.0. The van der Waals surface area contributed by atoms with Gasteiger partial charge in [-0.1, -0.05) is 134 Å². The molecule has 0 unspecified atom stereocenters. The molecule has 2 atom stereocenters. The average molecular weight is 557 g/mol. The highest BCUT2D eigenvalue weighted by molar-refractivity contribution is 5.69. The molecule has 0 saturated heterocycles. The molecule has 0 bridgehead atoms. The summed E-state index contributed by atoms with van der Waals surface area (Å²) < 4.78 is 5.43. The van der Waals surface area contributed by atoms with Crippen molar-refractivity contribution in [1.82, 2.24) is 0 Å². The number of hydrogen-bond donors (Lipinski definition) is 0. The van der Waals surface area contributed by atoms with Gasteiger partial charge in [-0.15, -0.1) is 0 Å². The van der Waals surface area contributed by atoms with Crippen LogP contribution in [0.15, 0.2) is 48.1 Å². The molecule has 2 nitrogen and oxygen atoms in total. The highest BCUT2D eigenvalue weighted by Crippen LogP contribution is 2.22. The van der Waals surface area contributed by atoms with E-state index in [0.717, 1.165) is 56.3 Å². The Bertz CT molecular complexity index is 682. The first-order valence-electron chi connectivity index (χ1n) is 17.1. The van der Waals surface area contributed by atoms with Crippen LogP contribution in [0.4, 0.5) is 0 Å². The van der Waals surface area contributed by atoms with E-state index in [0.29, 0.717) is 13.0 Å². The monoisotopic (exact) mass is 557 g/mol. The Labute approximate surface area is 251 Å². The second-order valence-corrected chi connectivity index (χ2v) is 12.7. The summed E-state index contributed by atoms with van der Waals surface area (Å²) in [6.07, 6.45) is 38.2. The van der Waals surface area contributed by atoms with E-state index in [4.69, 9.17) is 4.74 Å². The molecule has 0 rings (SSSR count). The van der Waals surface area contributed by atoms with Crippen LogP contribution in [0.25, 0.3) is 0 Å². The van der Waals surface area contributed by atoms with Gasteiger partial charge in [0, 0.05) is 6.42 Å². The molecular weight excluding hydrogens is 488 g/mol. The zero-order chi connectivity index (χ0) is 29.7. The lowest BCUT2D eigenvalue weighted by Gasteiger charge is -2.15. The fourth-order valence-corrected chi connectivity index (χ4v) is 4.98. The van der Waals surface area contributed by atoms with Crippen molar-refractivity contribution in [3.05, 3.63) is 48.1 Å². The number of hydrogen-bond acceptors (Lipinski definition) is 2. The van der Waals surface area contributed by atoms with Crippen molar-refractivity contribution < 1.29 is 9.53 Å². The lowest BCUT2D eigenvalue weighted by molar-refractivity contribution is -0.142. The molecule has 0 aromatic rings. The van der Waals surface area contributed by atoms with Gasteiger partial charge in [-0.2, -0.15) is 0 Å². The van der Waals surface area contributed by atoms with E-state index < -0.39 is 0 Å². The van der Waals surface area contributed by atoms with Crippen molar-refractivity contribution in [2.75, 3.05) is 6.61 Å². The third-order valence-corrected chi connectivity index (χ3v) is 7.84. The average Bonchev–Trinajstić information content (AvgIpc) is 2.90. The van der Waals surface area contributed by atoms with Gasteiger partial charge in [-0.05, 0) is 88.5 Å². The fourth-order valence-electron chi connectivity index (χ4n) is 4.98. The minimum Gasteiger partial charge on any atom is -0.461 e. The zero-order valence-corrected chi connectivity index (χ0v) is 27.7. The Morgan fingerprint density at radius 2 is 1.15 bits per heavy atom. The van der Waals surface area contributed by atoms with Gasteiger partial charge < -0.3 is 4.74 Å². The first-order valence-corrected chi connectivity index (χ1v) is 17.1. The minimum absolute atomic E-state index is 0.0641. The summed E-state index contributed by atoms with van der Waals surface area (Å²) in [6, 6.07) is 0. The van der Waals surface area contributed by atoms with E-state index in [2.05, 4.69) is 84.1 Å². The second-order valence-electron chi connectivity index (χ2n) is 12.7. The molecule has 0 heterocycles. The maximum atomic E-state index is 12.0. The van der Waals surface area contributed by atoms with Gasteiger partial charge in [-0.3, -0.25) is 4.79 Å². The maximum Gasteiger partial charge on any atom is 0.306 e. The van der Waals surface area contributed by atoms with Crippen LogP contribution in [0, 0.1) is 17.8 Å². The number of carbonyl (C=O) groups excluding carboxylic acids is 1. The van der Waals surface area contributed by atoms with Gasteiger partial charge in [-0.25, -0.2) is 0 Å². The summed E-state index contributed by atoms with van der Waals surface area (Å²) >= 11 is 0. The molecule has 0 aromatic heterocycles. The molecule has 0 aliphatic rings. The summed E-state index contributed by atoms with van der Waals surface area (Å²) in [6.45, 7) is 14.3. The molecule has 2 heteroatoms. The third kappa shape index (κ3) is 29.4. The molecule has 0 aromatic carbocycles. The van der Waals surface area contributed by atoms with Crippen LogP contribution < -0.4 is 0 Å². The van der Waals surface area contributed by atoms with Crippen LogP contribution in [0.2, 0.25) is 0 Å². The third-order valence-electron chi connectivity index (χ3n) is 7.84. The SMILES string of the molecule is CCCCC/C=C\C/C=C\C/C=C\CCCCC(=O)OC/C=C(\C)CCC[C@H](C)CCC[C@H](C)CCCC(C)C. The lowest BCUT2D eigenvalue weighted by atomic mass is 9.91. The smallest absolute Gasteiger partial charge is 0.306 e. The van der Waals surface area contributed by atoms with Gasteiger partial charge in [0.15, 0.2) is 0 Å². The Morgan fingerprint density at radius 3 is 1.73 bits per heavy atom. The Morgan fingerprint density at radius 1 is 0.625 bits per heavy atom. The quantitative estimate of drug-likeness (QED) is 0.0571. The Hall–Kier alpha value is -1.57. The van der Waals surface area contributed by atoms with Gasteiger partial charge in [0.2, 0.25) is 0 Å². The highest BCUT2D eigenvalue weighted by atomic mass is 16.5. The normalized spacial score (nSPS) is 14.2. The molecule has 0 amide bonds. The number of unbranched alkanes of at least 4 members (excludes halogenated alkanes) is 5. The Balaban J connectivity index is 3.68. The fraction of sp³-hybridized carbons (Fsp3) is 0.763. The lowest BCUT2D eigenvalue weighted by Crippen LogP contribution is -2.04. The number of carbonyl (C=O) groups is 1. The van der Waals surface area contributed by atoms with Gasteiger partial charge in [0.25, 0.3) is 0 Å². The number of rotatable bonds is 27. The van der Waals surface area contributed by atoms with Crippen molar-refractivity contribution in [2.24, 2.45) is 17.8 Å². The summed E-state index contributed by atoms with van der Waals surface area (Å²) in [5, 5.41) is 0. The molecule has 0 N–H and O–H groups in total. The van der Waals surface area contributed by atoms with Crippen LogP contribution in [0.3, 0.4) is 0 Å². The van der Waals surface area contributed by atoms with Gasteiger partial charge >= 0.3 is 5.97 Å². The van der Waals surface area contributed by atoms with E-state index in [-0.39, 0.29) is 5.97 Å². The van der Waals surface area contributed by atoms with E-state index in [1.54, 1.807) is 0 Å². The molecule has 0 fully saturated rings. The molecule has 0 radical (unpaired) electrons. The van der Waals surface area contributed by atoms with E-state index in [9.17, 15) is 4.79 Å². The largest absolute Gasteiger partial charge is 0.461 e. The molecule has 0 spiro atoms. The predicted molar refractivity (Wildman–Crippen MR) is 179 cm³/mol. The van der Waals surface area contributed by atoms with Crippen molar-refractivity contribution in [3.8, 4) is 0 Å². The molecule has 0 aliphatic heterocycles. The van der Waals surface area contributed by atoms with Crippen LogP contribution in [-0.4, -0.2) is 12.6 Å². The van der Waals surface area contributed by atoms with E-state index >= 15 is 0 Å². The first kappa shape index (κ1) is 38.4. The standard InChI is InChI=1S/C38H68O2/c1-7-8-9-10-11-12-13-14-15-16-17-18-19-20-21-31-38(39)40-33-32-37(6)30-24-29-36(5)28-23-27-35(4)26-22-25-34(2)3/h11-12,14-15,17-18,32,34-36H,7-10,13,16,19-31,33H2,1-6H3/b12-11-,15-14-,18-17-,37-32+/t35-,36-/m1/s1. The molecule has 0 saturated carbocycles. The summed E-state index contributed by atoms with van der Waals surface area (Å²) in [5.41, 5.74) is 1.35. The first-order chi connectivity index (χ1) is 19.3. The van der Waals surface area contributed by atoms with Crippen LogP contribution in [-0.2, 0) is 9.53 Å². The topological polar surface area (TPSA) is 26.3 Å². The van der Waals surface area contributed by atoms with Crippen LogP contribution in [0.5, 0.6) is 0 Å². The molecule has 40 heavy (non-hydrogen) atoms. The number of esters is 1. The summed E-state index contributed by atoms with van der Waals surface area (Å²) in [5.74, 6) is 2.47. The summed E-state index contributed by atoms with van der Waals surface area (Å²) in [7, 11) is 0. The number of allylic oxidation sites excluding steroid dienone is 7. The molecule has 0 aliphatic carbocycles. The van der Waals surface area contributed by atoms with Crippen molar-refractivity contribution in [2.45, 2.75) is 164 Å². The van der Waals surface area contributed by atoms with E-state index in [1.807, 2.05) is 0 Å². The predicted octanol–water partition coefficient (Wildman–Crippen LogP) is 12.5. The minimum atomic E-state index is -0.0641. The highest BCUT2D eigenvalue weighted by Gasteiger charge is 2.07. The van der Waals surface area contributed by atoms with Crippen LogP contribution >= 0.6 is 0 Å². The molecule has 232 valence electrons. The van der Waals surface area contributed by atoms with E-state index in [1.165, 1.54) is 82.6 Å². The van der Waals surface area contributed by atoms with Gasteiger partial charge in [0.05, 0.1) is 0 Å². The zero-order valence-electron chi connectivity index (χ0n) is 27.7. The number of ether oxygens (including phenoxy) is 1. The van der Waals surface area contributed by atoms with Gasteiger partial charge in [0.1, 0.15) is 6.61 Å². The van der Waals surface area contributed by atoms with Crippen molar-refractivity contribution >= 4 is 5.97 Å². The Kier molecular flexibility index (Phi) is 27.8. The van der Waals surface area contributed by atoms with Crippen molar-refractivity contribution in [1.29, 1.82) is 0 Å². The molecular formula is C38H68O2.